The molecule has 0 radical (unpaired) electrons. The maximum Gasteiger partial charge on any atom is 0.259 e. The summed E-state index contributed by atoms with van der Waals surface area (Å²) in [5.74, 6) is 1.87. The number of carbonyl (C=O) groups is 1. The van der Waals surface area contributed by atoms with Crippen LogP contribution in [-0.4, -0.2) is 43.6 Å². The molecule has 0 saturated carbocycles. The number of likely N-dealkylation sites (tertiary alicyclic amines) is 1. The number of carbonyl (C=O) groups excluding carboxylic acids is 1. The second-order valence-corrected chi connectivity index (χ2v) is 7.62. The van der Waals surface area contributed by atoms with E-state index in [1.807, 2.05) is 29.7 Å². The van der Waals surface area contributed by atoms with Crippen molar-refractivity contribution >= 4 is 17.2 Å². The third kappa shape index (κ3) is 3.53. The molecule has 1 atom stereocenters. The third-order valence-electron chi connectivity index (χ3n) is 5.12. The summed E-state index contributed by atoms with van der Waals surface area (Å²) >= 11 is 1.60. The van der Waals surface area contributed by atoms with E-state index in [0.29, 0.717) is 30.8 Å². The van der Waals surface area contributed by atoms with E-state index < -0.39 is 0 Å². The number of nitrogens with zero attached hydrogens (tertiary/aromatic N) is 5. The first-order valence-corrected chi connectivity index (χ1v) is 10.2. The van der Waals surface area contributed by atoms with Crippen molar-refractivity contribution in [1.82, 2.24) is 24.6 Å². The van der Waals surface area contributed by atoms with Gasteiger partial charge in [-0.3, -0.25) is 4.79 Å². The molecule has 27 heavy (non-hydrogen) atoms. The third-order valence-corrected chi connectivity index (χ3v) is 5.75. The van der Waals surface area contributed by atoms with Gasteiger partial charge in [-0.15, -0.1) is 11.3 Å². The van der Waals surface area contributed by atoms with Crippen LogP contribution in [0.5, 0.6) is 0 Å². The summed E-state index contributed by atoms with van der Waals surface area (Å²) in [6.45, 7) is 5.94. The van der Waals surface area contributed by atoms with Crippen molar-refractivity contribution in [3.05, 3.63) is 51.8 Å². The van der Waals surface area contributed by atoms with Gasteiger partial charge in [-0.25, -0.2) is 9.97 Å². The standard InChI is InChI=1S/C19H23N5O2S/c1-3-16-17(13(2)26-22-16)19(25)24-7-4-5-14(9-24)18-20-6-8-23(18)10-15-11-27-12-21-15/h6,8,11-12,14H,3-5,7,9-10H2,1-2H3. The number of piperidine rings is 1. The molecule has 0 aliphatic carbocycles. The Morgan fingerprint density at radius 3 is 3.07 bits per heavy atom. The van der Waals surface area contributed by atoms with Crippen molar-refractivity contribution in [2.24, 2.45) is 0 Å². The number of imidazole rings is 1. The number of thiazole rings is 1. The molecule has 0 N–H and O–H groups in total. The lowest BCUT2D eigenvalue weighted by Gasteiger charge is -2.32. The molecule has 7 nitrogen and oxygen atoms in total. The molecule has 3 aromatic heterocycles. The maximum absolute atomic E-state index is 13.1. The van der Waals surface area contributed by atoms with Gasteiger partial charge < -0.3 is 14.0 Å². The molecule has 4 rings (SSSR count). The Morgan fingerprint density at radius 1 is 1.41 bits per heavy atom. The van der Waals surface area contributed by atoms with Crippen molar-refractivity contribution in [3.8, 4) is 0 Å². The molecule has 4 heterocycles. The Bertz CT molecular complexity index is 915. The normalized spacial score (nSPS) is 17.4. The molecular weight excluding hydrogens is 362 g/mol. The average molecular weight is 385 g/mol. The van der Waals surface area contributed by atoms with Crippen LogP contribution in [-0.2, 0) is 13.0 Å². The highest BCUT2D eigenvalue weighted by molar-refractivity contribution is 7.07. The van der Waals surface area contributed by atoms with Crippen molar-refractivity contribution in [2.75, 3.05) is 13.1 Å². The van der Waals surface area contributed by atoms with E-state index in [-0.39, 0.29) is 11.8 Å². The fourth-order valence-corrected chi connectivity index (χ4v) is 4.32. The highest BCUT2D eigenvalue weighted by Gasteiger charge is 2.31. The van der Waals surface area contributed by atoms with Gasteiger partial charge in [-0.2, -0.15) is 0 Å². The summed E-state index contributed by atoms with van der Waals surface area (Å²) in [6.07, 6.45) is 6.51. The van der Waals surface area contributed by atoms with Gasteiger partial charge in [-0.05, 0) is 26.2 Å². The lowest BCUT2D eigenvalue weighted by Crippen LogP contribution is -2.40. The molecule has 1 aliphatic rings. The SMILES string of the molecule is CCc1noc(C)c1C(=O)N1CCCC(c2nccn2Cc2cscn2)C1. The van der Waals surface area contributed by atoms with Crippen molar-refractivity contribution in [2.45, 2.75) is 45.6 Å². The summed E-state index contributed by atoms with van der Waals surface area (Å²) in [4.78, 5) is 24.0. The zero-order valence-corrected chi connectivity index (χ0v) is 16.4. The van der Waals surface area contributed by atoms with E-state index in [0.717, 1.165) is 36.6 Å². The summed E-state index contributed by atoms with van der Waals surface area (Å²) < 4.78 is 7.40. The van der Waals surface area contributed by atoms with Crippen LogP contribution in [0.1, 0.15) is 59.0 Å². The molecular formula is C19H23N5O2S. The van der Waals surface area contributed by atoms with Crippen LogP contribution >= 0.6 is 11.3 Å². The minimum Gasteiger partial charge on any atom is -0.361 e. The van der Waals surface area contributed by atoms with Gasteiger partial charge in [0, 0.05) is 36.8 Å². The number of aryl methyl sites for hydroxylation is 2. The number of hydrogen-bond acceptors (Lipinski definition) is 6. The van der Waals surface area contributed by atoms with E-state index in [4.69, 9.17) is 4.52 Å². The fraction of sp³-hybridized carbons (Fsp3) is 0.474. The lowest BCUT2D eigenvalue weighted by molar-refractivity contribution is 0.0700. The van der Waals surface area contributed by atoms with Gasteiger partial charge in [0.2, 0.25) is 0 Å². The largest absolute Gasteiger partial charge is 0.361 e. The topological polar surface area (TPSA) is 77.0 Å². The molecule has 3 aromatic rings. The monoisotopic (exact) mass is 385 g/mol. The summed E-state index contributed by atoms with van der Waals surface area (Å²) in [5.41, 5.74) is 4.25. The molecule has 1 fully saturated rings. The molecule has 142 valence electrons. The van der Waals surface area contributed by atoms with Gasteiger partial charge in [-0.1, -0.05) is 12.1 Å². The first-order valence-electron chi connectivity index (χ1n) is 9.29. The molecule has 0 aromatic carbocycles. The quantitative estimate of drug-likeness (QED) is 0.674. The first-order chi connectivity index (χ1) is 13.2. The molecule has 0 spiro atoms. The van der Waals surface area contributed by atoms with Crippen LogP contribution in [0.4, 0.5) is 0 Å². The Labute approximate surface area is 162 Å². The summed E-state index contributed by atoms with van der Waals surface area (Å²) in [5, 5.41) is 6.09. The molecule has 1 amide bonds. The smallest absolute Gasteiger partial charge is 0.259 e. The van der Waals surface area contributed by atoms with E-state index in [2.05, 4.69) is 25.1 Å². The minimum absolute atomic E-state index is 0.0212. The zero-order valence-electron chi connectivity index (χ0n) is 15.6. The van der Waals surface area contributed by atoms with Gasteiger partial charge in [0.15, 0.2) is 0 Å². The van der Waals surface area contributed by atoms with Crippen molar-refractivity contribution in [3.63, 3.8) is 0 Å². The van der Waals surface area contributed by atoms with E-state index in [9.17, 15) is 4.79 Å². The Morgan fingerprint density at radius 2 is 2.30 bits per heavy atom. The molecule has 8 heteroatoms. The van der Waals surface area contributed by atoms with E-state index in [1.54, 1.807) is 18.3 Å². The molecule has 0 bridgehead atoms. The Kier molecular flexibility index (Phi) is 5.07. The Hall–Kier alpha value is -2.48. The number of hydrogen-bond donors (Lipinski definition) is 0. The number of amides is 1. The summed E-state index contributed by atoms with van der Waals surface area (Å²) in [7, 11) is 0. The van der Waals surface area contributed by atoms with Crippen molar-refractivity contribution < 1.29 is 9.32 Å². The van der Waals surface area contributed by atoms with Gasteiger partial charge in [0.1, 0.15) is 17.1 Å². The number of aromatic nitrogens is 4. The minimum atomic E-state index is 0.0212. The van der Waals surface area contributed by atoms with Crippen LogP contribution in [0.2, 0.25) is 0 Å². The molecule has 1 saturated heterocycles. The predicted octanol–water partition coefficient (Wildman–Crippen LogP) is 3.27. The van der Waals surface area contributed by atoms with Crippen LogP contribution in [0.15, 0.2) is 27.8 Å². The van der Waals surface area contributed by atoms with Crippen LogP contribution in [0.3, 0.4) is 0 Å². The van der Waals surface area contributed by atoms with Crippen LogP contribution in [0.25, 0.3) is 0 Å². The van der Waals surface area contributed by atoms with Gasteiger partial charge in [0.05, 0.1) is 23.4 Å². The van der Waals surface area contributed by atoms with E-state index >= 15 is 0 Å². The van der Waals surface area contributed by atoms with Gasteiger partial charge in [0.25, 0.3) is 5.91 Å². The maximum atomic E-state index is 13.1. The highest BCUT2D eigenvalue weighted by atomic mass is 32.1. The fourth-order valence-electron chi connectivity index (χ4n) is 3.77. The van der Waals surface area contributed by atoms with Crippen LogP contribution in [0, 0.1) is 6.92 Å². The first kappa shape index (κ1) is 17.9. The molecule has 1 unspecified atom stereocenters. The number of rotatable bonds is 5. The van der Waals surface area contributed by atoms with Gasteiger partial charge >= 0.3 is 0 Å². The Balaban J connectivity index is 1.53. The highest BCUT2D eigenvalue weighted by Crippen LogP contribution is 2.28. The van der Waals surface area contributed by atoms with Crippen LogP contribution < -0.4 is 0 Å². The lowest BCUT2D eigenvalue weighted by atomic mass is 9.96. The van der Waals surface area contributed by atoms with Crippen molar-refractivity contribution in [1.29, 1.82) is 0 Å². The second kappa shape index (κ2) is 7.64. The zero-order chi connectivity index (χ0) is 18.8. The predicted molar refractivity (Wildman–Crippen MR) is 102 cm³/mol. The molecule has 1 aliphatic heterocycles. The average Bonchev–Trinajstić information content (AvgIpc) is 3.43. The summed E-state index contributed by atoms with van der Waals surface area (Å²) in [6, 6.07) is 0. The second-order valence-electron chi connectivity index (χ2n) is 6.90. The van der Waals surface area contributed by atoms with E-state index in [1.165, 1.54) is 0 Å².